The number of fused-ring (bicyclic) bond motifs is 1. The van der Waals surface area contributed by atoms with Gasteiger partial charge in [0.05, 0.1) is 17.5 Å². The van der Waals surface area contributed by atoms with Crippen molar-refractivity contribution < 1.29 is 9.90 Å². The van der Waals surface area contributed by atoms with Crippen LogP contribution < -0.4 is 10.9 Å². The molecular formula is C28H33N5O3. The number of carbonyl (C=O) groups excluding carboxylic acids is 1. The quantitative estimate of drug-likeness (QED) is 0.521. The van der Waals surface area contributed by atoms with Crippen LogP contribution in [0.3, 0.4) is 0 Å². The van der Waals surface area contributed by atoms with E-state index in [1.165, 1.54) is 16.5 Å². The van der Waals surface area contributed by atoms with Crippen molar-refractivity contribution in [3.63, 3.8) is 0 Å². The van der Waals surface area contributed by atoms with Gasteiger partial charge in [0.25, 0.3) is 5.56 Å². The van der Waals surface area contributed by atoms with Crippen molar-refractivity contribution in [2.24, 2.45) is 5.92 Å². The van der Waals surface area contributed by atoms with Gasteiger partial charge in [-0.15, -0.1) is 5.73 Å². The number of aromatic nitrogens is 3. The number of hydrogen-bond donors (Lipinski definition) is 2. The zero-order chi connectivity index (χ0) is 25.1. The summed E-state index contributed by atoms with van der Waals surface area (Å²) in [4.78, 5) is 33.0. The van der Waals surface area contributed by atoms with Crippen LogP contribution in [-0.4, -0.2) is 61.8 Å². The second kappa shape index (κ2) is 10.3. The summed E-state index contributed by atoms with van der Waals surface area (Å²) in [6.45, 7) is 6.86. The summed E-state index contributed by atoms with van der Waals surface area (Å²) in [6, 6.07) is 12.0. The van der Waals surface area contributed by atoms with Crippen LogP contribution in [0.15, 0.2) is 72.1 Å². The van der Waals surface area contributed by atoms with Gasteiger partial charge in [-0.1, -0.05) is 36.9 Å². The maximum Gasteiger partial charge on any atom is 0.262 e. The third-order valence-electron chi connectivity index (χ3n) is 7.67. The molecule has 0 radical (unpaired) electrons. The van der Waals surface area contributed by atoms with Gasteiger partial charge in [-0.2, -0.15) is 0 Å². The van der Waals surface area contributed by atoms with E-state index in [9.17, 15) is 14.7 Å². The fraction of sp³-hybridized carbons (Fsp3) is 0.429. The predicted octanol–water partition coefficient (Wildman–Crippen LogP) is 2.29. The topological polar surface area (TPSA) is 92.4 Å². The number of amides is 1. The van der Waals surface area contributed by atoms with E-state index >= 15 is 0 Å². The molecule has 2 aromatic heterocycles. The van der Waals surface area contributed by atoms with E-state index in [1.807, 2.05) is 33.9 Å². The number of piperidine rings is 2. The van der Waals surface area contributed by atoms with E-state index < -0.39 is 5.60 Å². The van der Waals surface area contributed by atoms with Crippen LogP contribution >= 0.6 is 0 Å². The molecule has 36 heavy (non-hydrogen) atoms. The largest absolute Gasteiger partial charge is 0.388 e. The number of nitrogens with one attached hydrogen (secondary N) is 1. The van der Waals surface area contributed by atoms with Crippen LogP contribution in [0.2, 0.25) is 0 Å². The van der Waals surface area contributed by atoms with Crippen molar-refractivity contribution in [3.05, 3.63) is 83.2 Å². The zero-order valence-corrected chi connectivity index (χ0v) is 20.5. The van der Waals surface area contributed by atoms with Crippen molar-refractivity contribution >= 4 is 16.9 Å². The van der Waals surface area contributed by atoms with Gasteiger partial charge in [-0.05, 0) is 43.5 Å². The Kier molecular flexibility index (Phi) is 6.92. The number of aliphatic hydroxyl groups is 1. The normalized spacial score (nSPS) is 21.8. The average Bonchev–Trinajstić information content (AvgIpc) is 3.33. The fourth-order valence-electron chi connectivity index (χ4n) is 5.59. The van der Waals surface area contributed by atoms with Gasteiger partial charge in [0.1, 0.15) is 12.0 Å². The number of likely N-dealkylation sites (tertiary alicyclic amines) is 1. The Hall–Kier alpha value is -3.45. The first-order valence-corrected chi connectivity index (χ1v) is 12.6. The van der Waals surface area contributed by atoms with Gasteiger partial charge in [-0.25, -0.2) is 4.98 Å². The molecule has 0 spiro atoms. The standard InChI is InChI=1S/C28H33N5O3/c1-2-3-14-31-15-10-23-25(31)30-20-33(27(23)35)19-28(36)11-16-32(17-12-28)26(34)22-9-13-29-18-24(22)21-7-5-4-6-8-21/h3-8,10,15,20,22,24,29,36H,1,9,11-14,16-19H2/t22-,24+/m1/s1. The molecule has 0 saturated carbocycles. The van der Waals surface area contributed by atoms with E-state index in [-0.39, 0.29) is 29.8 Å². The Balaban J connectivity index is 1.26. The highest BCUT2D eigenvalue weighted by atomic mass is 16.3. The zero-order valence-electron chi connectivity index (χ0n) is 20.5. The second-order valence-corrected chi connectivity index (χ2v) is 9.96. The molecule has 2 N–H and O–H groups in total. The van der Waals surface area contributed by atoms with Crippen molar-refractivity contribution in [1.82, 2.24) is 24.3 Å². The summed E-state index contributed by atoms with van der Waals surface area (Å²) in [5.74, 6) is 0.260. The molecule has 0 bridgehead atoms. The summed E-state index contributed by atoms with van der Waals surface area (Å²) in [5, 5.41) is 15.3. The first-order chi connectivity index (χ1) is 17.5. The van der Waals surface area contributed by atoms with Crippen molar-refractivity contribution in [2.75, 3.05) is 26.2 Å². The molecule has 5 rings (SSSR count). The van der Waals surface area contributed by atoms with Crippen molar-refractivity contribution in [2.45, 2.75) is 43.9 Å². The molecule has 188 valence electrons. The monoisotopic (exact) mass is 487 g/mol. The van der Waals surface area contributed by atoms with Gasteiger partial charge in [0.15, 0.2) is 0 Å². The minimum Gasteiger partial charge on any atom is -0.388 e. The molecule has 3 aromatic rings. The summed E-state index contributed by atoms with van der Waals surface area (Å²) in [6.07, 6.45) is 6.76. The summed E-state index contributed by atoms with van der Waals surface area (Å²) in [7, 11) is 0. The van der Waals surface area contributed by atoms with E-state index in [4.69, 9.17) is 0 Å². The predicted molar refractivity (Wildman–Crippen MR) is 139 cm³/mol. The molecule has 2 fully saturated rings. The highest BCUT2D eigenvalue weighted by molar-refractivity contribution is 5.80. The van der Waals surface area contributed by atoms with Crippen LogP contribution in [0.1, 0.15) is 30.7 Å². The highest BCUT2D eigenvalue weighted by Gasteiger charge is 2.39. The molecule has 1 aromatic carbocycles. The van der Waals surface area contributed by atoms with E-state index in [0.717, 1.165) is 19.5 Å². The summed E-state index contributed by atoms with van der Waals surface area (Å²) in [5.41, 5.74) is 3.29. The van der Waals surface area contributed by atoms with Gasteiger partial charge >= 0.3 is 0 Å². The molecule has 8 heteroatoms. The number of carbonyl (C=O) groups is 1. The van der Waals surface area contributed by atoms with Gasteiger partial charge < -0.3 is 19.9 Å². The fourth-order valence-corrected chi connectivity index (χ4v) is 5.59. The number of rotatable bonds is 6. The second-order valence-electron chi connectivity index (χ2n) is 9.96. The lowest BCUT2D eigenvalue weighted by Gasteiger charge is -2.41. The number of benzene rings is 1. The van der Waals surface area contributed by atoms with E-state index in [0.29, 0.717) is 43.5 Å². The maximum atomic E-state index is 13.5. The van der Waals surface area contributed by atoms with E-state index in [2.05, 4.69) is 34.7 Å². The minimum absolute atomic E-state index is 0.0611. The molecule has 2 atom stereocenters. The third-order valence-corrected chi connectivity index (χ3v) is 7.67. The van der Waals surface area contributed by atoms with Crippen LogP contribution in [0.4, 0.5) is 0 Å². The first-order valence-electron chi connectivity index (χ1n) is 12.6. The lowest BCUT2D eigenvalue weighted by Crippen LogP contribution is -2.52. The smallest absolute Gasteiger partial charge is 0.262 e. The van der Waals surface area contributed by atoms with Crippen molar-refractivity contribution in [3.8, 4) is 0 Å². The first kappa shape index (κ1) is 24.3. The molecule has 1 amide bonds. The summed E-state index contributed by atoms with van der Waals surface area (Å²) >= 11 is 0. The summed E-state index contributed by atoms with van der Waals surface area (Å²) < 4.78 is 3.35. The third kappa shape index (κ3) is 4.80. The minimum atomic E-state index is -1.06. The Morgan fingerprint density at radius 2 is 2.00 bits per heavy atom. The molecular weight excluding hydrogens is 454 g/mol. The highest BCUT2D eigenvalue weighted by Crippen LogP contribution is 2.33. The molecule has 2 aliphatic heterocycles. The number of allylic oxidation sites excluding steroid dienone is 1. The molecule has 0 unspecified atom stereocenters. The number of hydrogen-bond acceptors (Lipinski definition) is 5. The Morgan fingerprint density at radius 1 is 1.22 bits per heavy atom. The lowest BCUT2D eigenvalue weighted by molar-refractivity contribution is -0.141. The molecule has 0 aliphatic carbocycles. The molecule has 4 heterocycles. The Morgan fingerprint density at radius 3 is 2.75 bits per heavy atom. The number of nitrogens with zero attached hydrogens (tertiary/aromatic N) is 4. The van der Waals surface area contributed by atoms with Crippen LogP contribution in [0.5, 0.6) is 0 Å². The van der Waals surface area contributed by atoms with Crippen LogP contribution in [-0.2, 0) is 17.9 Å². The van der Waals surface area contributed by atoms with Gasteiger partial charge in [0, 0.05) is 44.2 Å². The Labute approximate surface area is 210 Å². The Bertz CT molecular complexity index is 1330. The van der Waals surface area contributed by atoms with Gasteiger partial charge in [0.2, 0.25) is 5.91 Å². The van der Waals surface area contributed by atoms with Gasteiger partial charge in [-0.3, -0.25) is 14.2 Å². The van der Waals surface area contributed by atoms with Crippen LogP contribution in [0.25, 0.3) is 11.0 Å². The van der Waals surface area contributed by atoms with E-state index in [1.54, 1.807) is 12.1 Å². The molecule has 2 aliphatic rings. The SMILES string of the molecule is C=C=CCn1ccc2c(=O)n(CC3(O)CCN(C(=O)[C@@H]4CCNC[C@H]4c4ccccc4)CC3)cnc21. The lowest BCUT2D eigenvalue weighted by atomic mass is 9.80. The maximum absolute atomic E-state index is 13.5. The van der Waals surface area contributed by atoms with Crippen molar-refractivity contribution in [1.29, 1.82) is 0 Å². The molecule has 2 saturated heterocycles. The van der Waals surface area contributed by atoms with Crippen LogP contribution in [0, 0.1) is 5.92 Å². The average molecular weight is 488 g/mol. The molecule has 8 nitrogen and oxygen atoms in total.